The second kappa shape index (κ2) is 3.24. The summed E-state index contributed by atoms with van der Waals surface area (Å²) in [6.07, 6.45) is 11.0. The first-order valence-electron chi connectivity index (χ1n) is 4.73. The van der Waals surface area contributed by atoms with Crippen molar-refractivity contribution in [2.24, 2.45) is 0 Å². The quantitative estimate of drug-likeness (QED) is 0.706. The van der Waals surface area contributed by atoms with Crippen LogP contribution in [0.3, 0.4) is 0 Å². The molecule has 74 valence electrons. The topological polar surface area (TPSA) is 42.2 Å². The minimum absolute atomic E-state index is 0.617. The Hall–Kier alpha value is -2.10. The molecule has 0 spiro atoms. The Labute approximate surface area is 86.9 Å². The van der Waals surface area contributed by atoms with Crippen molar-refractivity contribution in [3.63, 3.8) is 0 Å². The van der Waals surface area contributed by atoms with Gasteiger partial charge in [0.1, 0.15) is 6.26 Å². The first kappa shape index (κ1) is 8.23. The van der Waals surface area contributed by atoms with Crippen molar-refractivity contribution < 1.29 is 4.42 Å². The van der Waals surface area contributed by atoms with Crippen LogP contribution in [0.1, 0.15) is 5.56 Å². The average molecular weight is 199 g/mol. The van der Waals surface area contributed by atoms with E-state index in [1.165, 1.54) is 0 Å². The fourth-order valence-electron chi connectivity index (χ4n) is 1.69. The molecule has 0 saturated heterocycles. The standard InChI is InChI=1S/C11H9N3O/c1-2-9-8-12-4-3-10(9)14(6-1)11-13-5-7-15-11/h1-5,7-8H,6H2. The molecular weight excluding hydrogens is 190 g/mol. The predicted octanol–water partition coefficient (Wildman–Crippen LogP) is 2.23. The molecule has 4 heteroatoms. The van der Waals surface area contributed by atoms with E-state index in [0.29, 0.717) is 6.01 Å². The molecule has 4 nitrogen and oxygen atoms in total. The Morgan fingerprint density at radius 3 is 3.20 bits per heavy atom. The summed E-state index contributed by atoms with van der Waals surface area (Å²) in [7, 11) is 0. The van der Waals surface area contributed by atoms with Crippen LogP contribution in [0.25, 0.3) is 6.08 Å². The van der Waals surface area contributed by atoms with Gasteiger partial charge in [-0.1, -0.05) is 12.2 Å². The number of hydrogen-bond donors (Lipinski definition) is 0. The maximum absolute atomic E-state index is 5.29. The van der Waals surface area contributed by atoms with Crippen LogP contribution in [-0.2, 0) is 0 Å². The number of rotatable bonds is 1. The summed E-state index contributed by atoms with van der Waals surface area (Å²) in [5.41, 5.74) is 2.16. The number of fused-ring (bicyclic) bond motifs is 1. The lowest BCUT2D eigenvalue weighted by Gasteiger charge is -2.23. The lowest BCUT2D eigenvalue weighted by Crippen LogP contribution is -2.20. The van der Waals surface area contributed by atoms with Crippen molar-refractivity contribution in [1.82, 2.24) is 9.97 Å². The maximum atomic E-state index is 5.29. The average Bonchev–Trinajstić information content (AvgIpc) is 2.82. The minimum atomic E-state index is 0.617. The molecule has 3 rings (SSSR count). The highest BCUT2D eigenvalue weighted by molar-refractivity contribution is 5.74. The summed E-state index contributed by atoms with van der Waals surface area (Å²) in [6.45, 7) is 0.775. The number of pyridine rings is 1. The van der Waals surface area contributed by atoms with Gasteiger partial charge >= 0.3 is 6.01 Å². The summed E-state index contributed by atoms with van der Waals surface area (Å²) in [6, 6.07) is 2.58. The molecule has 0 unspecified atom stereocenters. The zero-order chi connectivity index (χ0) is 10.1. The molecule has 15 heavy (non-hydrogen) atoms. The lowest BCUT2D eigenvalue weighted by atomic mass is 10.1. The summed E-state index contributed by atoms with van der Waals surface area (Å²) in [5.74, 6) is 0. The van der Waals surface area contributed by atoms with Crippen molar-refractivity contribution >= 4 is 17.8 Å². The van der Waals surface area contributed by atoms with Crippen LogP contribution in [0.15, 0.2) is 41.4 Å². The van der Waals surface area contributed by atoms with E-state index < -0.39 is 0 Å². The van der Waals surface area contributed by atoms with E-state index >= 15 is 0 Å². The van der Waals surface area contributed by atoms with Crippen LogP contribution >= 0.6 is 0 Å². The van der Waals surface area contributed by atoms with Gasteiger partial charge in [-0.05, 0) is 6.07 Å². The fraction of sp³-hybridized carbons (Fsp3) is 0.0909. The number of oxazole rings is 1. The molecule has 0 N–H and O–H groups in total. The Bertz CT molecular complexity index is 490. The normalized spacial score (nSPS) is 14.0. The van der Waals surface area contributed by atoms with Gasteiger partial charge in [-0.25, -0.2) is 4.98 Å². The third kappa shape index (κ3) is 1.30. The summed E-state index contributed by atoms with van der Waals surface area (Å²) >= 11 is 0. The molecule has 1 aliphatic rings. The van der Waals surface area contributed by atoms with Crippen molar-refractivity contribution in [3.8, 4) is 0 Å². The number of nitrogens with zero attached hydrogens (tertiary/aromatic N) is 3. The Morgan fingerprint density at radius 2 is 2.33 bits per heavy atom. The van der Waals surface area contributed by atoms with E-state index in [4.69, 9.17) is 4.42 Å². The molecule has 0 saturated carbocycles. The van der Waals surface area contributed by atoms with Gasteiger partial charge in [0.15, 0.2) is 0 Å². The van der Waals surface area contributed by atoms with Gasteiger partial charge in [0.2, 0.25) is 0 Å². The van der Waals surface area contributed by atoms with Crippen LogP contribution in [-0.4, -0.2) is 16.5 Å². The first-order chi connectivity index (χ1) is 7.45. The van der Waals surface area contributed by atoms with Crippen molar-refractivity contribution in [2.45, 2.75) is 0 Å². The van der Waals surface area contributed by atoms with Gasteiger partial charge in [-0.3, -0.25) is 9.88 Å². The smallest absolute Gasteiger partial charge is 0.302 e. The zero-order valence-electron chi connectivity index (χ0n) is 8.00. The number of aromatic nitrogens is 2. The number of anilines is 2. The largest absolute Gasteiger partial charge is 0.432 e. The molecule has 0 fully saturated rings. The highest BCUT2D eigenvalue weighted by Gasteiger charge is 2.17. The van der Waals surface area contributed by atoms with Gasteiger partial charge in [-0.2, -0.15) is 0 Å². The van der Waals surface area contributed by atoms with Crippen LogP contribution in [0.5, 0.6) is 0 Å². The van der Waals surface area contributed by atoms with E-state index in [1.54, 1.807) is 18.7 Å². The SMILES string of the molecule is C1=Cc2cnccc2N(c2ncco2)C1. The van der Waals surface area contributed by atoms with Crippen molar-refractivity contribution in [1.29, 1.82) is 0 Å². The second-order valence-corrected chi connectivity index (χ2v) is 3.26. The van der Waals surface area contributed by atoms with Gasteiger partial charge in [0, 0.05) is 24.5 Å². The van der Waals surface area contributed by atoms with Crippen LogP contribution < -0.4 is 4.90 Å². The third-order valence-corrected chi connectivity index (χ3v) is 2.35. The first-order valence-corrected chi connectivity index (χ1v) is 4.73. The minimum Gasteiger partial charge on any atom is -0.432 e. The fourth-order valence-corrected chi connectivity index (χ4v) is 1.69. The van der Waals surface area contributed by atoms with Crippen LogP contribution in [0.4, 0.5) is 11.7 Å². The maximum Gasteiger partial charge on any atom is 0.302 e. The van der Waals surface area contributed by atoms with Crippen LogP contribution in [0.2, 0.25) is 0 Å². The summed E-state index contributed by atoms with van der Waals surface area (Å²) in [5, 5.41) is 0. The van der Waals surface area contributed by atoms with Crippen molar-refractivity contribution in [3.05, 3.63) is 42.6 Å². The molecule has 3 heterocycles. The molecule has 2 aromatic rings. The monoisotopic (exact) mass is 199 g/mol. The van der Waals surface area contributed by atoms with E-state index in [-0.39, 0.29) is 0 Å². The lowest BCUT2D eigenvalue weighted by molar-refractivity contribution is 0.557. The summed E-state index contributed by atoms with van der Waals surface area (Å²) in [4.78, 5) is 10.2. The Balaban J connectivity index is 2.10. The Morgan fingerprint density at radius 1 is 1.33 bits per heavy atom. The van der Waals surface area contributed by atoms with E-state index in [1.807, 2.05) is 17.2 Å². The molecule has 0 aromatic carbocycles. The predicted molar refractivity (Wildman–Crippen MR) is 56.8 cm³/mol. The molecule has 0 amide bonds. The van der Waals surface area contributed by atoms with E-state index in [0.717, 1.165) is 17.8 Å². The van der Waals surface area contributed by atoms with E-state index in [2.05, 4.69) is 22.1 Å². The van der Waals surface area contributed by atoms with Gasteiger partial charge in [-0.15, -0.1) is 0 Å². The van der Waals surface area contributed by atoms with Crippen molar-refractivity contribution in [2.75, 3.05) is 11.4 Å². The molecule has 1 aliphatic heterocycles. The number of hydrogen-bond acceptors (Lipinski definition) is 4. The highest BCUT2D eigenvalue weighted by Crippen LogP contribution is 2.30. The van der Waals surface area contributed by atoms with Gasteiger partial charge in [0.25, 0.3) is 0 Å². The molecule has 0 aliphatic carbocycles. The molecule has 0 bridgehead atoms. The molecule has 0 radical (unpaired) electrons. The van der Waals surface area contributed by atoms with Crippen LogP contribution in [0, 0.1) is 0 Å². The second-order valence-electron chi connectivity index (χ2n) is 3.26. The van der Waals surface area contributed by atoms with Gasteiger partial charge in [0.05, 0.1) is 11.9 Å². The zero-order valence-corrected chi connectivity index (χ0v) is 8.00. The third-order valence-electron chi connectivity index (χ3n) is 2.35. The summed E-state index contributed by atoms with van der Waals surface area (Å²) < 4.78 is 5.29. The molecule has 0 atom stereocenters. The van der Waals surface area contributed by atoms with E-state index in [9.17, 15) is 0 Å². The highest BCUT2D eigenvalue weighted by atomic mass is 16.4. The molecule has 2 aromatic heterocycles. The Kier molecular flexibility index (Phi) is 1.78. The molecular formula is C11H9N3O. The van der Waals surface area contributed by atoms with Gasteiger partial charge < -0.3 is 4.42 Å².